The number of hydrogen-bond acceptors (Lipinski definition) is 10. The van der Waals surface area contributed by atoms with E-state index in [4.69, 9.17) is 38.5 Å². The maximum atomic E-state index is 12.7. The fourth-order valence-corrected chi connectivity index (χ4v) is 5.38. The fraction of sp³-hybridized carbons (Fsp3) is 0.467. The van der Waals surface area contributed by atoms with Gasteiger partial charge in [-0.15, -0.1) is 0 Å². The molecule has 1 unspecified atom stereocenters. The highest BCUT2D eigenvalue weighted by Crippen LogP contribution is 2.39. The minimum Gasteiger partial charge on any atom is -0.496 e. The molecule has 0 saturated heterocycles. The Morgan fingerprint density at radius 2 is 1.15 bits per heavy atom. The van der Waals surface area contributed by atoms with Gasteiger partial charge in [0.25, 0.3) is 0 Å². The number of methoxy groups -OCH3 is 4. The monoisotopic (exact) mass is 556 g/mol. The lowest BCUT2D eigenvalue weighted by Gasteiger charge is -2.34. The van der Waals surface area contributed by atoms with Gasteiger partial charge < -0.3 is 18.9 Å². The van der Waals surface area contributed by atoms with Gasteiger partial charge in [-0.05, 0) is 80.7 Å². The van der Waals surface area contributed by atoms with E-state index in [1.165, 1.54) is 28.4 Å². The van der Waals surface area contributed by atoms with E-state index in [9.17, 15) is 9.59 Å². The van der Waals surface area contributed by atoms with Gasteiger partial charge in [-0.3, -0.25) is 9.78 Å². The van der Waals surface area contributed by atoms with Crippen LogP contribution >= 0.6 is 0 Å². The highest BCUT2D eigenvalue weighted by molar-refractivity contribution is 5.96. The van der Waals surface area contributed by atoms with E-state index in [0.717, 1.165) is 38.5 Å². The topological polar surface area (TPSA) is 108 Å². The quantitative estimate of drug-likeness (QED) is 0.247. The van der Waals surface area contributed by atoms with Crippen LogP contribution in [0.2, 0.25) is 0 Å². The zero-order chi connectivity index (χ0) is 28.5. The van der Waals surface area contributed by atoms with E-state index in [-0.39, 0.29) is 17.2 Å². The molecule has 0 radical (unpaired) electrons. The molecular weight excluding hydrogens is 520 g/mol. The Bertz CT molecular complexity index is 1150. The molecular formula is C30H36O10. The molecule has 0 heterocycles. The van der Waals surface area contributed by atoms with E-state index >= 15 is 0 Å². The normalized spacial score (nSPS) is 20.5. The summed E-state index contributed by atoms with van der Waals surface area (Å²) in [7, 11) is 5.91. The average Bonchev–Trinajstić information content (AvgIpc) is 3.01. The minimum absolute atomic E-state index is 0.162. The highest BCUT2D eigenvalue weighted by Gasteiger charge is 2.31. The summed E-state index contributed by atoms with van der Waals surface area (Å²) in [6.07, 6.45) is 7.80. The molecule has 0 aromatic heterocycles. The molecule has 1 saturated carbocycles. The zero-order valence-corrected chi connectivity index (χ0v) is 23.3. The standard InChI is InChI=1S/C30H36O10/c1-33-23-7-5-8-24(34-2)27(23)29(31)39-37-21-15-11-19(12-16-21)20-13-17-22(18-14-20)38-40-30(32)28-25(35-3)9-6-10-26(28)36-4/h5-10,15,19-20,22H,11-14,16-18H2,1-4H3. The van der Waals surface area contributed by atoms with Crippen LogP contribution in [-0.2, 0) is 19.6 Å². The SMILES string of the molecule is COc1cccc(OC)c1C(=O)OOC1=CCC(C2CCC(OOC(=O)c3c(OC)cccc3OC)CC2)CC1. The van der Waals surface area contributed by atoms with E-state index in [1.807, 2.05) is 6.08 Å². The first-order chi connectivity index (χ1) is 19.5. The van der Waals surface area contributed by atoms with E-state index in [0.29, 0.717) is 47.0 Å². The summed E-state index contributed by atoms with van der Waals surface area (Å²) in [5.41, 5.74) is 0.370. The van der Waals surface area contributed by atoms with Crippen molar-refractivity contribution in [3.8, 4) is 23.0 Å². The molecule has 0 aliphatic heterocycles. The molecule has 0 N–H and O–H groups in total. The molecule has 0 spiro atoms. The summed E-state index contributed by atoms with van der Waals surface area (Å²) in [6.45, 7) is 0. The third-order valence-electron chi connectivity index (χ3n) is 7.54. The van der Waals surface area contributed by atoms with Crippen molar-refractivity contribution in [1.82, 2.24) is 0 Å². The molecule has 216 valence electrons. The van der Waals surface area contributed by atoms with E-state index in [2.05, 4.69) is 0 Å². The van der Waals surface area contributed by atoms with Crippen molar-refractivity contribution >= 4 is 11.9 Å². The van der Waals surface area contributed by atoms with Crippen LogP contribution in [0.15, 0.2) is 48.2 Å². The summed E-state index contributed by atoms with van der Waals surface area (Å²) >= 11 is 0. The molecule has 2 aliphatic rings. The maximum absolute atomic E-state index is 12.7. The molecule has 0 bridgehead atoms. The first-order valence-electron chi connectivity index (χ1n) is 13.4. The Morgan fingerprint density at radius 1 is 0.650 bits per heavy atom. The van der Waals surface area contributed by atoms with Gasteiger partial charge in [0.1, 0.15) is 40.2 Å². The van der Waals surface area contributed by atoms with Gasteiger partial charge in [0.15, 0.2) is 5.76 Å². The largest absolute Gasteiger partial charge is 0.496 e. The van der Waals surface area contributed by atoms with Crippen LogP contribution in [0.3, 0.4) is 0 Å². The molecule has 10 nitrogen and oxygen atoms in total. The number of carbonyl (C=O) groups excluding carboxylic acids is 2. The van der Waals surface area contributed by atoms with Crippen molar-refractivity contribution in [1.29, 1.82) is 0 Å². The van der Waals surface area contributed by atoms with Crippen LogP contribution in [0.1, 0.15) is 65.7 Å². The van der Waals surface area contributed by atoms with Gasteiger partial charge in [-0.25, -0.2) is 14.5 Å². The van der Waals surface area contributed by atoms with Gasteiger partial charge in [-0.2, -0.15) is 4.89 Å². The number of hydrogen-bond donors (Lipinski definition) is 0. The van der Waals surface area contributed by atoms with Crippen LogP contribution in [0.4, 0.5) is 0 Å². The second-order valence-electron chi connectivity index (χ2n) is 9.74. The van der Waals surface area contributed by atoms with Crippen LogP contribution in [0, 0.1) is 11.8 Å². The molecule has 2 aromatic rings. The van der Waals surface area contributed by atoms with Crippen LogP contribution in [0.5, 0.6) is 23.0 Å². The summed E-state index contributed by atoms with van der Waals surface area (Å²) in [4.78, 5) is 46.5. The minimum atomic E-state index is -0.680. The van der Waals surface area contributed by atoms with E-state index < -0.39 is 11.9 Å². The van der Waals surface area contributed by atoms with Gasteiger partial charge in [0.2, 0.25) is 0 Å². The average molecular weight is 557 g/mol. The maximum Gasteiger partial charge on any atom is 0.393 e. The first-order valence-corrected chi connectivity index (χ1v) is 13.4. The predicted molar refractivity (Wildman–Crippen MR) is 143 cm³/mol. The summed E-state index contributed by atoms with van der Waals surface area (Å²) in [6, 6.07) is 10.1. The number of rotatable bonds is 11. The summed E-state index contributed by atoms with van der Waals surface area (Å²) in [5.74, 6) is 1.75. The summed E-state index contributed by atoms with van der Waals surface area (Å²) in [5, 5.41) is 0. The highest BCUT2D eigenvalue weighted by atomic mass is 17.2. The Labute approximate surface area is 233 Å². The second kappa shape index (κ2) is 13.9. The number of allylic oxidation sites excluding steroid dienone is 2. The smallest absolute Gasteiger partial charge is 0.393 e. The Kier molecular flexibility index (Phi) is 10.1. The molecule has 4 rings (SSSR count). The van der Waals surface area contributed by atoms with Crippen LogP contribution < -0.4 is 18.9 Å². The third kappa shape index (κ3) is 6.80. The molecule has 10 heteroatoms. The van der Waals surface area contributed by atoms with E-state index in [1.54, 1.807) is 36.4 Å². The summed E-state index contributed by atoms with van der Waals surface area (Å²) < 4.78 is 21.1. The third-order valence-corrected chi connectivity index (χ3v) is 7.54. The predicted octanol–water partition coefficient (Wildman–Crippen LogP) is 5.84. The molecule has 0 amide bonds. The lowest BCUT2D eigenvalue weighted by Crippen LogP contribution is -2.28. The van der Waals surface area contributed by atoms with Crippen molar-refractivity contribution < 1.29 is 48.1 Å². The number of carbonyl (C=O) groups is 2. The van der Waals surface area contributed by atoms with Crippen molar-refractivity contribution in [2.24, 2.45) is 11.8 Å². The Balaban J connectivity index is 1.22. The molecule has 2 aromatic carbocycles. The molecule has 40 heavy (non-hydrogen) atoms. The van der Waals surface area contributed by atoms with Crippen molar-refractivity contribution in [2.45, 2.75) is 51.0 Å². The molecule has 1 atom stereocenters. The Morgan fingerprint density at radius 3 is 1.60 bits per heavy atom. The lowest BCUT2D eigenvalue weighted by molar-refractivity contribution is -0.281. The number of ether oxygens (including phenoxy) is 4. The van der Waals surface area contributed by atoms with Crippen molar-refractivity contribution in [3.63, 3.8) is 0 Å². The van der Waals surface area contributed by atoms with Gasteiger partial charge >= 0.3 is 11.9 Å². The van der Waals surface area contributed by atoms with Gasteiger partial charge in [0.05, 0.1) is 28.4 Å². The Hall–Kier alpha value is -3.92. The molecule has 2 aliphatic carbocycles. The zero-order valence-electron chi connectivity index (χ0n) is 23.3. The second-order valence-corrected chi connectivity index (χ2v) is 9.74. The van der Waals surface area contributed by atoms with Crippen LogP contribution in [0.25, 0.3) is 0 Å². The van der Waals surface area contributed by atoms with Crippen LogP contribution in [-0.4, -0.2) is 46.5 Å². The van der Waals surface area contributed by atoms with Gasteiger partial charge in [-0.1, -0.05) is 12.1 Å². The van der Waals surface area contributed by atoms with Gasteiger partial charge in [0, 0.05) is 6.42 Å². The lowest BCUT2D eigenvalue weighted by atomic mass is 9.74. The van der Waals surface area contributed by atoms with Crippen molar-refractivity contribution in [3.05, 3.63) is 59.4 Å². The first kappa shape index (κ1) is 29.1. The number of benzene rings is 2. The fourth-order valence-electron chi connectivity index (χ4n) is 5.38. The van der Waals surface area contributed by atoms with Crippen molar-refractivity contribution in [2.75, 3.05) is 28.4 Å². The molecule has 1 fully saturated rings.